The van der Waals surface area contributed by atoms with E-state index in [1.54, 1.807) is 11.4 Å². The number of nitrogens with one attached hydrogen (secondary N) is 2. The summed E-state index contributed by atoms with van der Waals surface area (Å²) < 4.78 is 27.4. The highest BCUT2D eigenvalue weighted by atomic mass is 32.2. The number of sulfonamides is 1. The Hall–Kier alpha value is -0.430. The van der Waals surface area contributed by atoms with Gasteiger partial charge in [0.25, 0.3) is 0 Å². The lowest BCUT2D eigenvalue weighted by Gasteiger charge is -2.13. The summed E-state index contributed by atoms with van der Waals surface area (Å²) in [6.07, 6.45) is 5.33. The van der Waals surface area contributed by atoms with Crippen LogP contribution >= 0.6 is 11.3 Å². The molecule has 0 saturated heterocycles. The minimum absolute atomic E-state index is 0.0110. The first-order valence-corrected chi connectivity index (χ1v) is 10.2. The third-order valence-corrected chi connectivity index (χ3v) is 5.92. The van der Waals surface area contributed by atoms with Gasteiger partial charge in [-0.25, -0.2) is 13.1 Å². The van der Waals surface area contributed by atoms with Gasteiger partial charge in [-0.2, -0.15) is 0 Å². The van der Waals surface area contributed by atoms with Gasteiger partial charge >= 0.3 is 0 Å². The van der Waals surface area contributed by atoms with Crippen LogP contribution in [0.4, 0.5) is 0 Å². The molecule has 0 aromatic carbocycles. The molecular weight excluding hydrogens is 304 g/mol. The quantitative estimate of drug-likeness (QED) is 0.610. The van der Waals surface area contributed by atoms with Crippen molar-refractivity contribution >= 4 is 21.4 Å². The topological polar surface area (TPSA) is 58.2 Å². The van der Waals surface area contributed by atoms with Crippen molar-refractivity contribution in [3.63, 3.8) is 0 Å². The fraction of sp³-hybridized carbons (Fsp3) is 0.733. The van der Waals surface area contributed by atoms with Gasteiger partial charge in [0.1, 0.15) is 0 Å². The Morgan fingerprint density at radius 2 is 2.00 bits per heavy atom. The Morgan fingerprint density at radius 3 is 2.67 bits per heavy atom. The molecule has 1 aromatic rings. The number of thiophene rings is 1. The fourth-order valence-electron chi connectivity index (χ4n) is 2.07. The van der Waals surface area contributed by atoms with Crippen molar-refractivity contribution in [2.45, 2.75) is 70.4 Å². The first-order valence-electron chi connectivity index (χ1n) is 7.80. The molecule has 0 spiro atoms. The number of unbranched alkanes of at least 4 members (excludes halogenated alkanes) is 2. The molecule has 1 rings (SSSR count). The fourth-order valence-corrected chi connectivity index (χ4v) is 4.60. The first-order chi connectivity index (χ1) is 9.99. The zero-order valence-electron chi connectivity index (χ0n) is 13.3. The van der Waals surface area contributed by atoms with E-state index < -0.39 is 10.0 Å². The minimum Gasteiger partial charge on any atom is -0.312 e. The second-order valence-electron chi connectivity index (χ2n) is 5.44. The van der Waals surface area contributed by atoms with Gasteiger partial charge in [0, 0.05) is 22.8 Å². The monoisotopic (exact) mass is 332 g/mol. The van der Waals surface area contributed by atoms with E-state index in [9.17, 15) is 8.42 Å². The van der Waals surface area contributed by atoms with E-state index in [-0.39, 0.29) is 6.04 Å². The van der Waals surface area contributed by atoms with Gasteiger partial charge in [0.15, 0.2) is 0 Å². The van der Waals surface area contributed by atoms with Crippen molar-refractivity contribution in [3.8, 4) is 0 Å². The molecule has 0 aliphatic rings. The largest absolute Gasteiger partial charge is 0.312 e. The lowest BCUT2D eigenvalue weighted by molar-refractivity contribution is 0.527. The molecule has 122 valence electrons. The highest BCUT2D eigenvalue weighted by molar-refractivity contribution is 7.89. The normalized spacial score (nSPS) is 13.5. The molecule has 21 heavy (non-hydrogen) atoms. The average Bonchev–Trinajstić information content (AvgIpc) is 2.88. The standard InChI is InChI=1S/C15H28N2O2S2/c1-4-6-7-8-13(3)17-21(18,19)15-10-14(20-12-15)11-16-9-5-2/h10,12-13,16-17H,4-9,11H2,1-3H3. The summed E-state index contributed by atoms with van der Waals surface area (Å²) >= 11 is 1.49. The average molecular weight is 333 g/mol. The molecular formula is C15H28N2O2S2. The number of hydrogen-bond acceptors (Lipinski definition) is 4. The predicted octanol–water partition coefficient (Wildman–Crippen LogP) is 3.49. The molecule has 0 amide bonds. The SMILES string of the molecule is CCCCCC(C)NS(=O)(=O)c1csc(CNCCC)c1. The summed E-state index contributed by atoms with van der Waals surface area (Å²) in [5, 5.41) is 5.01. The summed E-state index contributed by atoms with van der Waals surface area (Å²) in [5.41, 5.74) is 0. The first kappa shape index (κ1) is 18.6. The minimum atomic E-state index is -3.37. The van der Waals surface area contributed by atoms with Gasteiger partial charge in [-0.15, -0.1) is 11.3 Å². The Morgan fingerprint density at radius 1 is 1.24 bits per heavy atom. The van der Waals surface area contributed by atoms with Gasteiger partial charge in [-0.1, -0.05) is 33.1 Å². The zero-order valence-corrected chi connectivity index (χ0v) is 14.9. The lowest BCUT2D eigenvalue weighted by Crippen LogP contribution is -2.32. The Kier molecular flexibility index (Phi) is 8.48. The van der Waals surface area contributed by atoms with Crippen LogP contribution in [0, 0.1) is 0 Å². The zero-order chi connectivity index (χ0) is 15.7. The van der Waals surface area contributed by atoms with Crippen LogP contribution in [0.25, 0.3) is 0 Å². The van der Waals surface area contributed by atoms with E-state index in [2.05, 4.69) is 23.9 Å². The molecule has 0 fully saturated rings. The number of rotatable bonds is 11. The van der Waals surface area contributed by atoms with Crippen LogP contribution in [-0.4, -0.2) is 21.0 Å². The second-order valence-corrected chi connectivity index (χ2v) is 8.15. The molecule has 0 aliphatic heterocycles. The van der Waals surface area contributed by atoms with E-state index >= 15 is 0 Å². The Labute approximate surface area is 133 Å². The summed E-state index contributed by atoms with van der Waals surface area (Å²) in [4.78, 5) is 1.45. The maximum atomic E-state index is 12.3. The van der Waals surface area contributed by atoms with Crippen LogP contribution in [0.3, 0.4) is 0 Å². The smallest absolute Gasteiger partial charge is 0.241 e. The van der Waals surface area contributed by atoms with Crippen molar-refractivity contribution in [1.29, 1.82) is 0 Å². The van der Waals surface area contributed by atoms with Crippen LogP contribution in [0.5, 0.6) is 0 Å². The molecule has 0 bridgehead atoms. The molecule has 0 saturated carbocycles. The van der Waals surface area contributed by atoms with Gasteiger partial charge in [-0.3, -0.25) is 0 Å². The molecule has 1 atom stereocenters. The van der Waals surface area contributed by atoms with Crippen LogP contribution in [0.1, 0.15) is 57.8 Å². The van der Waals surface area contributed by atoms with Crippen LogP contribution in [0.2, 0.25) is 0 Å². The summed E-state index contributed by atoms with van der Waals surface area (Å²) in [6, 6.07) is 1.76. The van der Waals surface area contributed by atoms with Crippen LogP contribution < -0.4 is 10.0 Å². The predicted molar refractivity (Wildman–Crippen MR) is 90.2 cm³/mol. The molecule has 6 heteroatoms. The van der Waals surface area contributed by atoms with Crippen molar-refractivity contribution in [3.05, 3.63) is 16.3 Å². The highest BCUT2D eigenvalue weighted by Crippen LogP contribution is 2.20. The molecule has 4 nitrogen and oxygen atoms in total. The van der Waals surface area contributed by atoms with Gasteiger partial charge in [0.05, 0.1) is 4.90 Å². The third-order valence-electron chi connectivity index (χ3n) is 3.26. The van der Waals surface area contributed by atoms with E-state index in [4.69, 9.17) is 0 Å². The summed E-state index contributed by atoms with van der Waals surface area (Å²) in [5.74, 6) is 0. The van der Waals surface area contributed by atoms with Crippen LogP contribution in [-0.2, 0) is 16.6 Å². The summed E-state index contributed by atoms with van der Waals surface area (Å²) in [6.45, 7) is 7.88. The molecule has 0 radical (unpaired) electrons. The highest BCUT2D eigenvalue weighted by Gasteiger charge is 2.18. The van der Waals surface area contributed by atoms with E-state index in [1.807, 2.05) is 6.92 Å². The van der Waals surface area contributed by atoms with Gasteiger partial charge in [0.2, 0.25) is 10.0 Å². The summed E-state index contributed by atoms with van der Waals surface area (Å²) in [7, 11) is -3.37. The number of hydrogen-bond donors (Lipinski definition) is 2. The van der Waals surface area contributed by atoms with Crippen molar-refractivity contribution in [2.75, 3.05) is 6.54 Å². The Balaban J connectivity index is 2.53. The maximum Gasteiger partial charge on any atom is 0.241 e. The van der Waals surface area contributed by atoms with Gasteiger partial charge in [-0.05, 0) is 32.4 Å². The van der Waals surface area contributed by atoms with Crippen molar-refractivity contribution < 1.29 is 8.42 Å². The lowest BCUT2D eigenvalue weighted by atomic mass is 10.1. The molecule has 1 heterocycles. The second kappa shape index (κ2) is 9.56. The van der Waals surface area contributed by atoms with Crippen LogP contribution in [0.15, 0.2) is 16.3 Å². The molecule has 1 aromatic heterocycles. The van der Waals surface area contributed by atoms with Crippen molar-refractivity contribution in [2.24, 2.45) is 0 Å². The van der Waals surface area contributed by atoms with Crippen molar-refractivity contribution in [1.82, 2.24) is 10.0 Å². The maximum absolute atomic E-state index is 12.3. The third kappa shape index (κ3) is 6.91. The molecule has 2 N–H and O–H groups in total. The van der Waals surface area contributed by atoms with E-state index in [0.29, 0.717) is 4.90 Å². The van der Waals surface area contributed by atoms with E-state index in [1.165, 1.54) is 11.3 Å². The Bertz CT molecular complexity index is 498. The van der Waals surface area contributed by atoms with Gasteiger partial charge < -0.3 is 5.32 Å². The molecule has 0 aliphatic carbocycles. The molecule has 1 unspecified atom stereocenters. The van der Waals surface area contributed by atoms with E-state index in [0.717, 1.165) is 50.1 Å².